The second-order valence-electron chi connectivity index (χ2n) is 18.8. The van der Waals surface area contributed by atoms with Crippen molar-refractivity contribution < 1.29 is 28.6 Å². The van der Waals surface area contributed by atoms with Gasteiger partial charge in [-0.15, -0.1) is 0 Å². The Labute approximate surface area is 414 Å². The normalized spacial score (nSPS) is 12.6. The van der Waals surface area contributed by atoms with Gasteiger partial charge in [-0.25, -0.2) is 0 Å². The number of carbonyl (C=O) groups is 3. The highest BCUT2D eigenvalue weighted by Gasteiger charge is 2.19. The highest BCUT2D eigenvalue weighted by Crippen LogP contribution is 2.14. The predicted octanol–water partition coefficient (Wildman–Crippen LogP) is 19.0. The second-order valence-corrected chi connectivity index (χ2v) is 18.8. The van der Waals surface area contributed by atoms with E-state index in [1.54, 1.807) is 0 Å². The Balaban J connectivity index is 4.48. The van der Waals surface area contributed by atoms with Crippen LogP contribution in [0.1, 0.15) is 278 Å². The van der Waals surface area contributed by atoms with Crippen LogP contribution >= 0.6 is 0 Å². The zero-order valence-electron chi connectivity index (χ0n) is 44.2. The average Bonchev–Trinajstić information content (AvgIpc) is 3.33. The molecule has 386 valence electrons. The first-order chi connectivity index (χ1) is 33.0. The SMILES string of the molecule is CCCCC/C=C\C/C=C\CCCCCCCCCC(=O)O[C@H](COC(=O)CCC/C=C\C/C=C\C/C=C\CCCCCCCC)COC(=O)CCCCCCC/C=C\CCCCCCCC. The maximum absolute atomic E-state index is 12.8. The van der Waals surface area contributed by atoms with Gasteiger partial charge in [-0.1, -0.05) is 222 Å². The molecule has 1 atom stereocenters. The van der Waals surface area contributed by atoms with E-state index in [4.69, 9.17) is 14.2 Å². The largest absolute Gasteiger partial charge is 0.462 e. The van der Waals surface area contributed by atoms with Crippen LogP contribution in [-0.2, 0) is 28.6 Å². The fourth-order valence-corrected chi connectivity index (χ4v) is 7.84. The Bertz CT molecular complexity index is 1260. The van der Waals surface area contributed by atoms with Crippen LogP contribution in [0.25, 0.3) is 0 Å². The molecule has 0 heterocycles. The minimum Gasteiger partial charge on any atom is -0.462 e. The van der Waals surface area contributed by atoms with Crippen LogP contribution < -0.4 is 0 Å². The van der Waals surface area contributed by atoms with Gasteiger partial charge in [-0.2, -0.15) is 0 Å². The van der Waals surface area contributed by atoms with Gasteiger partial charge in [0.2, 0.25) is 0 Å². The Kier molecular flexibility index (Phi) is 52.8. The van der Waals surface area contributed by atoms with Crippen LogP contribution in [0.4, 0.5) is 0 Å². The maximum Gasteiger partial charge on any atom is 0.306 e. The Hall–Kier alpha value is -3.15. The van der Waals surface area contributed by atoms with E-state index in [0.29, 0.717) is 19.3 Å². The first kappa shape index (κ1) is 63.8. The number of ether oxygens (including phenoxy) is 3. The highest BCUT2D eigenvalue weighted by molar-refractivity contribution is 5.71. The van der Waals surface area contributed by atoms with E-state index in [2.05, 4.69) is 93.7 Å². The van der Waals surface area contributed by atoms with E-state index in [-0.39, 0.29) is 37.5 Å². The summed E-state index contributed by atoms with van der Waals surface area (Å²) in [6.45, 7) is 6.56. The standard InChI is InChI=1S/C61H106O6/c1-4-7-10-13-16-19-22-25-28-30-33-36-39-42-45-48-51-54-60(63)66-57-58(56-65-59(62)53-50-47-44-41-38-35-32-27-24-21-18-15-12-9-6-3)67-61(64)55-52-49-46-43-40-37-34-31-29-26-23-20-17-14-11-8-5-2/h17,20,25-29,32-33,36,42,45,58H,4-16,18-19,21-24,30-31,34-35,37-41,43-44,46-57H2,1-3H3/b20-17-,28-25-,29-26-,32-27-,36-33-,45-42-/t58-/m0/s1. The molecule has 0 aromatic rings. The van der Waals surface area contributed by atoms with Crippen LogP contribution in [0.3, 0.4) is 0 Å². The summed E-state index contributed by atoms with van der Waals surface area (Å²) in [4.78, 5) is 38.1. The third-order valence-corrected chi connectivity index (χ3v) is 12.2. The van der Waals surface area contributed by atoms with Crippen molar-refractivity contribution in [1.82, 2.24) is 0 Å². The lowest BCUT2D eigenvalue weighted by Crippen LogP contribution is -2.30. The van der Waals surface area contributed by atoms with Crippen LogP contribution in [0.2, 0.25) is 0 Å². The van der Waals surface area contributed by atoms with Crippen molar-refractivity contribution in [2.24, 2.45) is 0 Å². The molecule has 0 fully saturated rings. The Morgan fingerprint density at radius 3 is 0.940 bits per heavy atom. The molecule has 6 heteroatoms. The van der Waals surface area contributed by atoms with Gasteiger partial charge < -0.3 is 14.2 Å². The van der Waals surface area contributed by atoms with Crippen molar-refractivity contribution >= 4 is 17.9 Å². The Morgan fingerprint density at radius 1 is 0.299 bits per heavy atom. The summed E-state index contributed by atoms with van der Waals surface area (Å²) in [7, 11) is 0. The molecule has 6 nitrogen and oxygen atoms in total. The molecule has 0 aromatic heterocycles. The molecule has 0 spiro atoms. The minimum atomic E-state index is -0.803. The topological polar surface area (TPSA) is 78.9 Å². The fourth-order valence-electron chi connectivity index (χ4n) is 7.84. The van der Waals surface area contributed by atoms with E-state index in [9.17, 15) is 14.4 Å². The number of unbranched alkanes of at least 4 members (excludes halogenated alkanes) is 28. The number of carbonyl (C=O) groups excluding carboxylic acids is 3. The fraction of sp³-hybridized carbons (Fsp3) is 0.754. The van der Waals surface area contributed by atoms with E-state index in [0.717, 1.165) is 77.0 Å². The monoisotopic (exact) mass is 935 g/mol. The molecule has 0 aliphatic rings. The molecule has 0 aliphatic heterocycles. The number of rotatable bonds is 51. The average molecular weight is 936 g/mol. The highest BCUT2D eigenvalue weighted by atomic mass is 16.6. The predicted molar refractivity (Wildman–Crippen MR) is 288 cm³/mol. The van der Waals surface area contributed by atoms with Gasteiger partial charge in [0.1, 0.15) is 13.2 Å². The summed E-state index contributed by atoms with van der Waals surface area (Å²) in [6.07, 6.45) is 70.3. The van der Waals surface area contributed by atoms with E-state index in [1.165, 1.54) is 154 Å². The molecule has 0 radical (unpaired) electrons. The van der Waals surface area contributed by atoms with Crippen molar-refractivity contribution in [3.8, 4) is 0 Å². The molecule has 0 saturated carbocycles. The number of hydrogen-bond acceptors (Lipinski definition) is 6. The van der Waals surface area contributed by atoms with Crippen LogP contribution in [-0.4, -0.2) is 37.2 Å². The smallest absolute Gasteiger partial charge is 0.306 e. The molecule has 0 aliphatic carbocycles. The van der Waals surface area contributed by atoms with Gasteiger partial charge >= 0.3 is 17.9 Å². The Morgan fingerprint density at radius 2 is 0.552 bits per heavy atom. The van der Waals surface area contributed by atoms with Gasteiger partial charge in [0, 0.05) is 19.3 Å². The molecule has 0 bridgehead atoms. The maximum atomic E-state index is 12.8. The van der Waals surface area contributed by atoms with E-state index >= 15 is 0 Å². The molecular formula is C61H106O6. The summed E-state index contributed by atoms with van der Waals surface area (Å²) in [5.74, 6) is -0.962. The molecule has 0 saturated heterocycles. The van der Waals surface area contributed by atoms with E-state index in [1.807, 2.05) is 0 Å². The van der Waals surface area contributed by atoms with Gasteiger partial charge in [-0.3, -0.25) is 14.4 Å². The van der Waals surface area contributed by atoms with E-state index < -0.39 is 6.10 Å². The minimum absolute atomic E-state index is 0.0982. The lowest BCUT2D eigenvalue weighted by molar-refractivity contribution is -0.167. The second kappa shape index (κ2) is 55.4. The zero-order valence-corrected chi connectivity index (χ0v) is 44.2. The molecule has 0 N–H and O–H groups in total. The molecule has 0 aromatic carbocycles. The molecule has 0 unspecified atom stereocenters. The number of allylic oxidation sites excluding steroid dienone is 12. The van der Waals surface area contributed by atoms with Crippen molar-refractivity contribution in [2.75, 3.05) is 13.2 Å². The van der Waals surface area contributed by atoms with Gasteiger partial charge in [0.25, 0.3) is 0 Å². The lowest BCUT2D eigenvalue weighted by atomic mass is 10.1. The zero-order chi connectivity index (χ0) is 48.6. The number of esters is 3. The molecule has 67 heavy (non-hydrogen) atoms. The summed E-state index contributed by atoms with van der Waals surface area (Å²) < 4.78 is 16.8. The van der Waals surface area contributed by atoms with Crippen LogP contribution in [0.5, 0.6) is 0 Å². The van der Waals surface area contributed by atoms with Gasteiger partial charge in [0.15, 0.2) is 6.10 Å². The quantitative estimate of drug-likeness (QED) is 0.0262. The third-order valence-electron chi connectivity index (χ3n) is 12.2. The van der Waals surface area contributed by atoms with Crippen molar-refractivity contribution in [3.05, 3.63) is 72.9 Å². The van der Waals surface area contributed by atoms with Crippen LogP contribution in [0.15, 0.2) is 72.9 Å². The first-order valence-electron chi connectivity index (χ1n) is 28.4. The number of hydrogen-bond donors (Lipinski definition) is 0. The lowest BCUT2D eigenvalue weighted by Gasteiger charge is -2.18. The summed E-state index contributed by atoms with van der Waals surface area (Å²) >= 11 is 0. The molecule has 0 rings (SSSR count). The summed E-state index contributed by atoms with van der Waals surface area (Å²) in [5.41, 5.74) is 0. The first-order valence-corrected chi connectivity index (χ1v) is 28.4. The van der Waals surface area contributed by atoms with Crippen molar-refractivity contribution in [2.45, 2.75) is 284 Å². The van der Waals surface area contributed by atoms with Crippen molar-refractivity contribution in [1.29, 1.82) is 0 Å². The third kappa shape index (κ3) is 53.7. The summed E-state index contributed by atoms with van der Waals surface area (Å²) in [6, 6.07) is 0. The molecular weight excluding hydrogens is 829 g/mol. The van der Waals surface area contributed by atoms with Crippen LogP contribution in [0, 0.1) is 0 Å². The molecule has 0 amide bonds. The summed E-state index contributed by atoms with van der Waals surface area (Å²) in [5, 5.41) is 0. The van der Waals surface area contributed by atoms with Gasteiger partial charge in [0.05, 0.1) is 0 Å². The van der Waals surface area contributed by atoms with Gasteiger partial charge in [-0.05, 0) is 109 Å². The van der Waals surface area contributed by atoms with Crippen molar-refractivity contribution in [3.63, 3.8) is 0 Å².